The summed E-state index contributed by atoms with van der Waals surface area (Å²) in [5, 5.41) is 8.72. The largest absolute Gasteiger partial charge is 0.481 e. The summed E-state index contributed by atoms with van der Waals surface area (Å²) in [6, 6.07) is 13.9. The zero-order chi connectivity index (χ0) is 16.9. The van der Waals surface area contributed by atoms with Crippen molar-refractivity contribution >= 4 is 22.3 Å². The van der Waals surface area contributed by atoms with Crippen molar-refractivity contribution in [2.75, 3.05) is 0 Å². The molecule has 0 heterocycles. The van der Waals surface area contributed by atoms with Crippen molar-refractivity contribution in [2.24, 2.45) is 0 Å². The predicted octanol–water partition coefficient (Wildman–Crippen LogP) is 1.67. The number of carboxylic acids is 1. The Kier molecular flexibility index (Phi) is 5.25. The van der Waals surface area contributed by atoms with Crippen molar-refractivity contribution in [1.82, 2.24) is 4.72 Å². The average Bonchev–Trinajstić information content (AvgIpc) is 2.54. The number of aliphatic carboxylic acids is 1. The summed E-state index contributed by atoms with van der Waals surface area (Å²) in [7, 11) is -4.04. The third-order valence-corrected chi connectivity index (χ3v) is 4.67. The van der Waals surface area contributed by atoms with Crippen LogP contribution in [0.5, 0.6) is 0 Å². The van der Waals surface area contributed by atoms with E-state index in [1.54, 1.807) is 42.5 Å². The average molecular weight is 333 g/mol. The normalized spacial score (nSPS) is 12.5. The second kappa shape index (κ2) is 7.17. The van der Waals surface area contributed by atoms with Crippen LogP contribution in [0.2, 0.25) is 0 Å². The van der Waals surface area contributed by atoms with Crippen molar-refractivity contribution in [3.8, 4) is 11.1 Å². The molecule has 2 N–H and O–H groups in total. The zero-order valence-corrected chi connectivity index (χ0v) is 12.9. The van der Waals surface area contributed by atoms with Crippen LogP contribution in [-0.2, 0) is 19.6 Å². The lowest BCUT2D eigenvalue weighted by molar-refractivity contribution is -0.138. The smallest absolute Gasteiger partial charge is 0.305 e. The number of carbonyl (C=O) groups is 2. The minimum atomic E-state index is -4.04. The molecule has 0 bridgehead atoms. The molecule has 7 heteroatoms. The second-order valence-corrected chi connectivity index (χ2v) is 6.51. The van der Waals surface area contributed by atoms with Crippen LogP contribution in [0.4, 0.5) is 0 Å². The van der Waals surface area contributed by atoms with E-state index in [0.717, 1.165) is 0 Å². The molecular formula is C16H15NO5S. The van der Waals surface area contributed by atoms with E-state index >= 15 is 0 Å². The lowest BCUT2D eigenvalue weighted by Crippen LogP contribution is -2.37. The molecule has 0 aromatic heterocycles. The third kappa shape index (κ3) is 4.24. The first-order valence-electron chi connectivity index (χ1n) is 6.78. The van der Waals surface area contributed by atoms with Crippen LogP contribution in [0.3, 0.4) is 0 Å². The summed E-state index contributed by atoms with van der Waals surface area (Å²) in [4.78, 5) is 21.6. The molecular weight excluding hydrogens is 318 g/mol. The van der Waals surface area contributed by atoms with Gasteiger partial charge in [-0.1, -0.05) is 48.5 Å². The monoisotopic (exact) mass is 333 g/mol. The number of benzene rings is 2. The fraction of sp³-hybridized carbons (Fsp3) is 0.125. The maximum atomic E-state index is 12.5. The van der Waals surface area contributed by atoms with Gasteiger partial charge in [0.05, 0.1) is 17.4 Å². The fourth-order valence-electron chi connectivity index (χ4n) is 2.13. The van der Waals surface area contributed by atoms with Gasteiger partial charge in [-0.25, -0.2) is 13.1 Å². The highest BCUT2D eigenvalue weighted by Gasteiger charge is 2.24. The standard InChI is InChI=1S/C16H15NO5S/c18-11-13(10-16(19)20)17-23(21,22)15-9-5-4-8-14(15)12-6-2-1-3-7-12/h1-9,11,13,17H,10H2,(H,19,20). The molecule has 0 aliphatic rings. The Bertz CT molecular complexity index is 802. The molecule has 0 spiro atoms. The Morgan fingerprint density at radius 3 is 2.30 bits per heavy atom. The maximum Gasteiger partial charge on any atom is 0.305 e. The maximum absolute atomic E-state index is 12.5. The first-order valence-corrected chi connectivity index (χ1v) is 8.26. The van der Waals surface area contributed by atoms with Gasteiger partial charge in [0.1, 0.15) is 6.29 Å². The van der Waals surface area contributed by atoms with Crippen molar-refractivity contribution in [2.45, 2.75) is 17.4 Å². The lowest BCUT2D eigenvalue weighted by Gasteiger charge is -2.14. The van der Waals surface area contributed by atoms with Crippen molar-refractivity contribution < 1.29 is 23.1 Å². The van der Waals surface area contributed by atoms with E-state index in [-0.39, 0.29) is 11.2 Å². The summed E-state index contributed by atoms with van der Waals surface area (Å²) in [6.45, 7) is 0. The summed E-state index contributed by atoms with van der Waals surface area (Å²) in [6.07, 6.45) is -0.340. The molecule has 23 heavy (non-hydrogen) atoms. The highest BCUT2D eigenvalue weighted by molar-refractivity contribution is 7.89. The molecule has 0 radical (unpaired) electrons. The number of rotatable bonds is 7. The summed E-state index contributed by atoms with van der Waals surface area (Å²) in [5.74, 6) is -1.26. The molecule has 1 unspecified atom stereocenters. The van der Waals surface area contributed by atoms with Crippen LogP contribution in [-0.4, -0.2) is 31.8 Å². The van der Waals surface area contributed by atoms with Gasteiger partial charge >= 0.3 is 5.97 Å². The van der Waals surface area contributed by atoms with Crippen LogP contribution < -0.4 is 4.72 Å². The van der Waals surface area contributed by atoms with Crippen LogP contribution in [0.1, 0.15) is 6.42 Å². The molecule has 1 atom stereocenters. The molecule has 0 aliphatic heterocycles. The summed E-state index contributed by atoms with van der Waals surface area (Å²) < 4.78 is 27.2. The highest BCUT2D eigenvalue weighted by Crippen LogP contribution is 2.27. The van der Waals surface area contributed by atoms with Crippen LogP contribution >= 0.6 is 0 Å². The molecule has 0 saturated carbocycles. The minimum absolute atomic E-state index is 0.0107. The van der Waals surface area contributed by atoms with Gasteiger partial charge in [-0.05, 0) is 11.6 Å². The lowest BCUT2D eigenvalue weighted by atomic mass is 10.1. The third-order valence-electron chi connectivity index (χ3n) is 3.13. The first-order chi connectivity index (χ1) is 10.9. The Balaban J connectivity index is 2.41. The van der Waals surface area contributed by atoms with E-state index < -0.39 is 28.5 Å². The van der Waals surface area contributed by atoms with Gasteiger partial charge in [-0.3, -0.25) is 4.79 Å². The topological polar surface area (TPSA) is 101 Å². The number of carboxylic acid groups (broad SMARTS) is 1. The number of aldehydes is 1. The number of carbonyl (C=O) groups excluding carboxylic acids is 1. The van der Waals surface area contributed by atoms with E-state index in [1.165, 1.54) is 6.07 Å². The van der Waals surface area contributed by atoms with Crippen LogP contribution in [0.25, 0.3) is 11.1 Å². The van der Waals surface area contributed by atoms with Gasteiger partial charge in [-0.15, -0.1) is 0 Å². The van der Waals surface area contributed by atoms with Gasteiger partial charge in [0.15, 0.2) is 0 Å². The van der Waals surface area contributed by atoms with E-state index in [4.69, 9.17) is 5.11 Å². The van der Waals surface area contributed by atoms with Crippen molar-refractivity contribution in [1.29, 1.82) is 0 Å². The Hall–Kier alpha value is -2.51. The number of hydrogen-bond donors (Lipinski definition) is 2. The molecule has 2 aromatic rings. The molecule has 0 amide bonds. The van der Waals surface area contributed by atoms with Gasteiger partial charge < -0.3 is 9.90 Å². The Morgan fingerprint density at radius 2 is 1.70 bits per heavy atom. The van der Waals surface area contributed by atoms with E-state index in [9.17, 15) is 18.0 Å². The molecule has 0 aliphatic carbocycles. The van der Waals surface area contributed by atoms with Crippen LogP contribution in [0.15, 0.2) is 59.5 Å². The summed E-state index contributed by atoms with van der Waals surface area (Å²) in [5.41, 5.74) is 1.18. The van der Waals surface area contributed by atoms with Crippen LogP contribution in [0, 0.1) is 0 Å². The van der Waals surface area contributed by atoms with Crippen molar-refractivity contribution in [3.63, 3.8) is 0 Å². The van der Waals surface area contributed by atoms with E-state index in [0.29, 0.717) is 11.1 Å². The Morgan fingerprint density at radius 1 is 1.09 bits per heavy atom. The van der Waals surface area contributed by atoms with Gasteiger partial charge in [0.25, 0.3) is 0 Å². The van der Waals surface area contributed by atoms with Crippen molar-refractivity contribution in [3.05, 3.63) is 54.6 Å². The quantitative estimate of drug-likeness (QED) is 0.751. The number of nitrogens with one attached hydrogen (secondary N) is 1. The molecule has 2 aromatic carbocycles. The molecule has 0 fully saturated rings. The van der Waals surface area contributed by atoms with Gasteiger partial charge in [0.2, 0.25) is 10.0 Å². The predicted molar refractivity (Wildman–Crippen MR) is 84.3 cm³/mol. The molecule has 2 rings (SSSR count). The first kappa shape index (κ1) is 16.9. The Labute approximate surface area is 133 Å². The summed E-state index contributed by atoms with van der Waals surface area (Å²) >= 11 is 0. The molecule has 120 valence electrons. The fourth-order valence-corrected chi connectivity index (χ4v) is 3.52. The van der Waals surface area contributed by atoms with E-state index in [2.05, 4.69) is 4.72 Å². The second-order valence-electron chi connectivity index (χ2n) is 4.82. The van der Waals surface area contributed by atoms with E-state index in [1.807, 2.05) is 6.07 Å². The zero-order valence-electron chi connectivity index (χ0n) is 12.0. The number of hydrogen-bond acceptors (Lipinski definition) is 4. The van der Waals surface area contributed by atoms with Gasteiger partial charge in [0, 0.05) is 5.56 Å². The highest BCUT2D eigenvalue weighted by atomic mass is 32.2. The molecule has 0 saturated heterocycles. The van der Waals surface area contributed by atoms with Gasteiger partial charge in [-0.2, -0.15) is 0 Å². The minimum Gasteiger partial charge on any atom is -0.481 e. The molecule has 6 nitrogen and oxygen atoms in total. The SMILES string of the molecule is O=CC(CC(=O)O)NS(=O)(=O)c1ccccc1-c1ccccc1. The number of sulfonamides is 1.